The van der Waals surface area contributed by atoms with Gasteiger partial charge in [-0.3, -0.25) is 0 Å². The van der Waals surface area contributed by atoms with Gasteiger partial charge < -0.3 is 5.11 Å². The topological polar surface area (TPSA) is 61.8 Å². The van der Waals surface area contributed by atoms with E-state index in [0.29, 0.717) is 0 Å². The molecule has 4 nitrogen and oxygen atoms in total. The number of aromatic hydroxyl groups is 1. The van der Waals surface area contributed by atoms with Gasteiger partial charge in [-0.05, 0) is 12.1 Å². The molecule has 78 valence electrons. The minimum absolute atomic E-state index is 0.248. The number of aromatic nitrogens is 3. The summed E-state index contributed by atoms with van der Waals surface area (Å²) >= 11 is 0. The number of H-pyrrole nitrogens is 1. The van der Waals surface area contributed by atoms with Gasteiger partial charge in [0.25, 0.3) is 0 Å². The first-order valence-electron chi connectivity index (χ1n) is 4.94. The predicted molar refractivity (Wildman–Crippen MR) is 61.0 cm³/mol. The van der Waals surface area contributed by atoms with Crippen LogP contribution in [0, 0.1) is 0 Å². The van der Waals surface area contributed by atoms with Gasteiger partial charge >= 0.3 is 0 Å². The minimum atomic E-state index is 0.248. The third-order valence-electron chi connectivity index (χ3n) is 2.54. The summed E-state index contributed by atoms with van der Waals surface area (Å²) in [6.45, 7) is 0. The number of nitrogens with zero attached hydrogens (tertiary/aromatic N) is 2. The Bertz CT molecular complexity index is 645. The predicted octanol–water partition coefficient (Wildman–Crippen LogP) is 2.33. The van der Waals surface area contributed by atoms with Crippen molar-refractivity contribution < 1.29 is 5.11 Å². The zero-order valence-corrected chi connectivity index (χ0v) is 8.38. The van der Waals surface area contributed by atoms with E-state index in [0.717, 1.165) is 22.2 Å². The molecular formula is C12H9N3O. The number of para-hydroxylation sites is 2. The van der Waals surface area contributed by atoms with Crippen molar-refractivity contribution >= 4 is 11.0 Å². The van der Waals surface area contributed by atoms with E-state index in [1.165, 1.54) is 0 Å². The third-order valence-corrected chi connectivity index (χ3v) is 2.54. The number of phenolic OH excluding ortho intramolecular Hbond substituents is 1. The first-order chi connectivity index (χ1) is 7.86. The molecule has 2 aromatic carbocycles. The number of benzene rings is 2. The molecule has 0 aliphatic rings. The van der Waals surface area contributed by atoms with E-state index < -0.39 is 0 Å². The van der Waals surface area contributed by atoms with Crippen molar-refractivity contribution in [1.29, 1.82) is 0 Å². The smallest absolute Gasteiger partial charge is 0.123 e. The Morgan fingerprint density at radius 3 is 2.56 bits per heavy atom. The fraction of sp³-hybridized carbons (Fsp3) is 0. The van der Waals surface area contributed by atoms with Crippen molar-refractivity contribution in [2.24, 2.45) is 0 Å². The number of aromatic amines is 1. The molecule has 0 bridgehead atoms. The average molecular weight is 211 g/mol. The maximum atomic E-state index is 9.80. The number of nitrogens with one attached hydrogen (secondary N) is 1. The summed E-state index contributed by atoms with van der Waals surface area (Å²) in [5.41, 5.74) is 3.20. The Kier molecular flexibility index (Phi) is 1.86. The fourth-order valence-electron chi connectivity index (χ4n) is 1.79. The van der Waals surface area contributed by atoms with Gasteiger partial charge in [-0.15, -0.1) is 0 Å². The SMILES string of the molecule is Oc1ccccc1-c1cccc2n[nH]nc12. The van der Waals surface area contributed by atoms with Crippen LogP contribution in [0.4, 0.5) is 0 Å². The highest BCUT2D eigenvalue weighted by molar-refractivity contribution is 5.92. The van der Waals surface area contributed by atoms with Gasteiger partial charge in [0.2, 0.25) is 0 Å². The van der Waals surface area contributed by atoms with E-state index in [-0.39, 0.29) is 5.75 Å². The van der Waals surface area contributed by atoms with E-state index in [9.17, 15) is 5.11 Å². The molecule has 1 heterocycles. The lowest BCUT2D eigenvalue weighted by Crippen LogP contribution is -1.81. The Hall–Kier alpha value is -2.36. The number of fused-ring (bicyclic) bond motifs is 1. The summed E-state index contributed by atoms with van der Waals surface area (Å²) in [7, 11) is 0. The highest BCUT2D eigenvalue weighted by Gasteiger charge is 2.09. The van der Waals surface area contributed by atoms with E-state index >= 15 is 0 Å². The molecule has 1 aromatic heterocycles. The molecule has 0 aliphatic carbocycles. The van der Waals surface area contributed by atoms with Gasteiger partial charge in [-0.1, -0.05) is 30.3 Å². The molecular weight excluding hydrogens is 202 g/mol. The van der Waals surface area contributed by atoms with Crippen LogP contribution in [0.15, 0.2) is 42.5 Å². The van der Waals surface area contributed by atoms with Crippen molar-refractivity contribution in [3.05, 3.63) is 42.5 Å². The number of hydrogen-bond acceptors (Lipinski definition) is 3. The van der Waals surface area contributed by atoms with Crippen molar-refractivity contribution in [2.75, 3.05) is 0 Å². The van der Waals surface area contributed by atoms with Crippen molar-refractivity contribution in [1.82, 2.24) is 15.4 Å². The monoisotopic (exact) mass is 211 g/mol. The van der Waals surface area contributed by atoms with Crippen molar-refractivity contribution in [2.45, 2.75) is 0 Å². The van der Waals surface area contributed by atoms with Gasteiger partial charge in [0.15, 0.2) is 0 Å². The summed E-state index contributed by atoms with van der Waals surface area (Å²) < 4.78 is 0. The summed E-state index contributed by atoms with van der Waals surface area (Å²) in [5, 5.41) is 20.5. The Balaban J connectivity index is 2.34. The molecule has 0 unspecified atom stereocenters. The molecule has 2 N–H and O–H groups in total. The van der Waals surface area contributed by atoms with Gasteiger partial charge in [-0.25, -0.2) is 0 Å². The molecule has 4 heteroatoms. The number of hydrogen-bond donors (Lipinski definition) is 2. The van der Waals surface area contributed by atoms with Crippen LogP contribution in [0.1, 0.15) is 0 Å². The summed E-state index contributed by atoms with van der Waals surface area (Å²) in [6.07, 6.45) is 0. The van der Waals surface area contributed by atoms with E-state index in [2.05, 4.69) is 15.4 Å². The molecule has 0 saturated carbocycles. The number of rotatable bonds is 1. The van der Waals surface area contributed by atoms with Crippen LogP contribution in [0.3, 0.4) is 0 Å². The van der Waals surface area contributed by atoms with Crippen LogP contribution < -0.4 is 0 Å². The van der Waals surface area contributed by atoms with E-state index in [1.807, 2.05) is 30.3 Å². The van der Waals surface area contributed by atoms with Crippen LogP contribution in [-0.4, -0.2) is 20.5 Å². The zero-order chi connectivity index (χ0) is 11.0. The fourth-order valence-corrected chi connectivity index (χ4v) is 1.79. The average Bonchev–Trinajstić information content (AvgIpc) is 2.77. The Labute approximate surface area is 91.5 Å². The molecule has 0 radical (unpaired) electrons. The molecule has 16 heavy (non-hydrogen) atoms. The minimum Gasteiger partial charge on any atom is -0.507 e. The van der Waals surface area contributed by atoms with Crippen molar-refractivity contribution in [3.63, 3.8) is 0 Å². The van der Waals surface area contributed by atoms with Gasteiger partial charge in [0.05, 0.1) is 0 Å². The van der Waals surface area contributed by atoms with Gasteiger partial charge in [-0.2, -0.15) is 15.4 Å². The zero-order valence-electron chi connectivity index (χ0n) is 8.38. The molecule has 0 saturated heterocycles. The van der Waals surface area contributed by atoms with Crippen LogP contribution in [-0.2, 0) is 0 Å². The maximum Gasteiger partial charge on any atom is 0.123 e. The first-order valence-corrected chi connectivity index (χ1v) is 4.94. The lowest BCUT2D eigenvalue weighted by molar-refractivity contribution is 0.477. The summed E-state index contributed by atoms with van der Waals surface area (Å²) in [4.78, 5) is 0. The van der Waals surface area contributed by atoms with Crippen LogP contribution in [0.2, 0.25) is 0 Å². The quantitative estimate of drug-likeness (QED) is 0.649. The molecule has 3 aromatic rings. The van der Waals surface area contributed by atoms with Crippen LogP contribution in [0.5, 0.6) is 5.75 Å². The highest BCUT2D eigenvalue weighted by Crippen LogP contribution is 2.32. The Morgan fingerprint density at radius 1 is 0.875 bits per heavy atom. The van der Waals surface area contributed by atoms with Gasteiger partial charge in [0.1, 0.15) is 16.8 Å². The third kappa shape index (κ3) is 1.24. The normalized spacial score (nSPS) is 10.8. The maximum absolute atomic E-state index is 9.80. The van der Waals surface area contributed by atoms with Crippen molar-refractivity contribution in [3.8, 4) is 16.9 Å². The van der Waals surface area contributed by atoms with E-state index in [4.69, 9.17) is 0 Å². The van der Waals surface area contributed by atoms with Gasteiger partial charge in [0, 0.05) is 11.1 Å². The molecule has 0 aliphatic heterocycles. The first kappa shape index (κ1) is 8.91. The van der Waals surface area contributed by atoms with Crippen LogP contribution in [0.25, 0.3) is 22.2 Å². The summed E-state index contributed by atoms with van der Waals surface area (Å²) in [5.74, 6) is 0.248. The Morgan fingerprint density at radius 2 is 1.69 bits per heavy atom. The van der Waals surface area contributed by atoms with Crippen LogP contribution >= 0.6 is 0 Å². The van der Waals surface area contributed by atoms with E-state index in [1.54, 1.807) is 12.1 Å². The molecule has 0 fully saturated rings. The standard InChI is InChI=1S/C12H9N3O/c16-11-7-2-1-4-8(11)9-5-3-6-10-12(9)14-15-13-10/h1-7,16H,(H,13,14,15). The molecule has 3 rings (SSSR count). The lowest BCUT2D eigenvalue weighted by Gasteiger charge is -2.04. The molecule has 0 atom stereocenters. The number of phenols is 1. The second-order valence-corrected chi connectivity index (χ2v) is 3.51. The molecule has 0 amide bonds. The summed E-state index contributed by atoms with van der Waals surface area (Å²) in [6, 6.07) is 12.9. The molecule has 0 spiro atoms. The largest absolute Gasteiger partial charge is 0.507 e. The lowest BCUT2D eigenvalue weighted by atomic mass is 10.0. The second-order valence-electron chi connectivity index (χ2n) is 3.51. The second kappa shape index (κ2) is 3.34. The highest BCUT2D eigenvalue weighted by atomic mass is 16.3.